The molecule has 0 bridgehead atoms. The molecular weight excluding hydrogens is 108 g/mol. The SMILES string of the molecule is CCC1[CH+]C1CC(C)C. The molecular formula is C9H17+. The van der Waals surface area contributed by atoms with Crippen LogP contribution in [0.5, 0.6) is 0 Å². The van der Waals surface area contributed by atoms with Crippen molar-refractivity contribution in [1.82, 2.24) is 0 Å². The van der Waals surface area contributed by atoms with E-state index in [0.29, 0.717) is 0 Å². The van der Waals surface area contributed by atoms with Crippen molar-refractivity contribution in [3.05, 3.63) is 6.42 Å². The number of rotatable bonds is 3. The molecule has 1 saturated carbocycles. The Kier molecular flexibility index (Phi) is 2.05. The van der Waals surface area contributed by atoms with E-state index in [1.807, 2.05) is 0 Å². The molecule has 1 aliphatic carbocycles. The fourth-order valence-electron chi connectivity index (χ4n) is 1.49. The highest BCUT2D eigenvalue weighted by Gasteiger charge is 2.48. The van der Waals surface area contributed by atoms with Gasteiger partial charge in [-0.15, -0.1) is 0 Å². The fraction of sp³-hybridized carbons (Fsp3) is 0.889. The maximum Gasteiger partial charge on any atom is 0.141 e. The van der Waals surface area contributed by atoms with Crippen LogP contribution >= 0.6 is 0 Å². The summed E-state index contributed by atoms with van der Waals surface area (Å²) >= 11 is 0. The van der Waals surface area contributed by atoms with Crippen molar-refractivity contribution in [2.45, 2.75) is 33.6 Å². The van der Waals surface area contributed by atoms with Gasteiger partial charge in [-0.05, 0) is 18.8 Å². The minimum Gasteiger partial charge on any atom is -0.0626 e. The lowest BCUT2D eigenvalue weighted by atomic mass is 10.1. The third-order valence-corrected chi connectivity index (χ3v) is 2.12. The third kappa shape index (κ3) is 1.92. The Morgan fingerprint density at radius 2 is 2.00 bits per heavy atom. The first-order chi connectivity index (χ1) is 4.24. The van der Waals surface area contributed by atoms with Crippen molar-refractivity contribution in [2.24, 2.45) is 17.8 Å². The summed E-state index contributed by atoms with van der Waals surface area (Å²) in [6.45, 7) is 6.89. The number of hydrogen-bond donors (Lipinski definition) is 0. The van der Waals surface area contributed by atoms with Gasteiger partial charge in [0.15, 0.2) is 0 Å². The van der Waals surface area contributed by atoms with Crippen LogP contribution in [0.2, 0.25) is 0 Å². The molecule has 0 spiro atoms. The molecule has 1 aliphatic rings. The van der Waals surface area contributed by atoms with E-state index in [4.69, 9.17) is 0 Å². The Balaban J connectivity index is 2.05. The number of hydrogen-bond acceptors (Lipinski definition) is 0. The van der Waals surface area contributed by atoms with E-state index in [2.05, 4.69) is 27.2 Å². The largest absolute Gasteiger partial charge is 0.141 e. The van der Waals surface area contributed by atoms with Crippen LogP contribution in [0.15, 0.2) is 0 Å². The molecule has 1 rings (SSSR count). The van der Waals surface area contributed by atoms with Crippen LogP contribution in [0.25, 0.3) is 0 Å². The van der Waals surface area contributed by atoms with Gasteiger partial charge >= 0.3 is 0 Å². The normalized spacial score (nSPS) is 32.4. The average Bonchev–Trinajstić information content (AvgIpc) is 2.45. The summed E-state index contributed by atoms with van der Waals surface area (Å²) in [5.74, 6) is 2.85. The van der Waals surface area contributed by atoms with E-state index < -0.39 is 0 Å². The summed E-state index contributed by atoms with van der Waals surface area (Å²) in [7, 11) is 0. The van der Waals surface area contributed by atoms with Gasteiger partial charge in [0.1, 0.15) is 11.8 Å². The topological polar surface area (TPSA) is 0 Å². The molecule has 0 aromatic rings. The Hall–Kier alpha value is -0.130. The first-order valence-electron chi connectivity index (χ1n) is 4.09. The molecule has 0 nitrogen and oxygen atoms in total. The summed E-state index contributed by atoms with van der Waals surface area (Å²) in [5.41, 5.74) is 0. The first kappa shape index (κ1) is 6.98. The van der Waals surface area contributed by atoms with E-state index in [-0.39, 0.29) is 0 Å². The molecule has 0 heteroatoms. The highest BCUT2D eigenvalue weighted by Crippen LogP contribution is 2.43. The smallest absolute Gasteiger partial charge is 0.0626 e. The average molecular weight is 125 g/mol. The van der Waals surface area contributed by atoms with Gasteiger partial charge in [-0.1, -0.05) is 20.8 Å². The van der Waals surface area contributed by atoms with Crippen molar-refractivity contribution in [3.8, 4) is 0 Å². The van der Waals surface area contributed by atoms with Crippen LogP contribution in [-0.4, -0.2) is 0 Å². The minimum absolute atomic E-state index is 0.891. The molecule has 2 atom stereocenters. The van der Waals surface area contributed by atoms with Gasteiger partial charge in [-0.2, -0.15) is 0 Å². The van der Waals surface area contributed by atoms with Gasteiger partial charge in [0.2, 0.25) is 0 Å². The second-order valence-corrected chi connectivity index (χ2v) is 3.56. The summed E-state index contributed by atoms with van der Waals surface area (Å²) < 4.78 is 0. The van der Waals surface area contributed by atoms with Crippen LogP contribution < -0.4 is 0 Å². The van der Waals surface area contributed by atoms with Crippen LogP contribution in [0.3, 0.4) is 0 Å². The van der Waals surface area contributed by atoms with Gasteiger partial charge in [0.25, 0.3) is 0 Å². The third-order valence-electron chi connectivity index (χ3n) is 2.12. The van der Waals surface area contributed by atoms with Gasteiger partial charge in [0.05, 0.1) is 6.42 Å². The molecule has 0 aromatic carbocycles. The lowest BCUT2D eigenvalue weighted by Gasteiger charge is -1.95. The maximum atomic E-state index is 2.49. The highest BCUT2D eigenvalue weighted by atomic mass is 14.4. The van der Waals surface area contributed by atoms with Crippen molar-refractivity contribution in [2.75, 3.05) is 0 Å². The van der Waals surface area contributed by atoms with Crippen LogP contribution in [-0.2, 0) is 0 Å². The van der Waals surface area contributed by atoms with E-state index in [9.17, 15) is 0 Å². The molecule has 0 aromatic heterocycles. The van der Waals surface area contributed by atoms with E-state index in [0.717, 1.165) is 17.8 Å². The predicted molar refractivity (Wildman–Crippen MR) is 41.0 cm³/mol. The van der Waals surface area contributed by atoms with E-state index in [1.165, 1.54) is 12.8 Å². The standard InChI is InChI=1S/C9H17/c1-4-8-6-9(8)5-7(2)3/h6-9H,4-5H2,1-3H3/q+1. The molecule has 0 amide bonds. The van der Waals surface area contributed by atoms with Crippen LogP contribution in [0, 0.1) is 24.2 Å². The zero-order valence-corrected chi connectivity index (χ0v) is 6.72. The monoisotopic (exact) mass is 125 g/mol. The quantitative estimate of drug-likeness (QED) is 0.509. The molecule has 0 N–H and O–H groups in total. The molecule has 52 valence electrons. The zero-order valence-electron chi connectivity index (χ0n) is 6.72. The lowest BCUT2D eigenvalue weighted by molar-refractivity contribution is 0.511. The Morgan fingerprint density at radius 3 is 2.33 bits per heavy atom. The Morgan fingerprint density at radius 1 is 1.33 bits per heavy atom. The van der Waals surface area contributed by atoms with Crippen LogP contribution in [0.4, 0.5) is 0 Å². The molecule has 0 radical (unpaired) electrons. The Labute approximate surface area is 58.7 Å². The van der Waals surface area contributed by atoms with E-state index in [1.54, 1.807) is 0 Å². The molecule has 0 saturated heterocycles. The lowest BCUT2D eigenvalue weighted by Crippen LogP contribution is -1.89. The second kappa shape index (κ2) is 2.64. The first-order valence-corrected chi connectivity index (χ1v) is 4.09. The maximum absolute atomic E-state index is 2.49. The fourth-order valence-corrected chi connectivity index (χ4v) is 1.49. The van der Waals surface area contributed by atoms with Gasteiger partial charge in [-0.25, -0.2) is 0 Å². The minimum atomic E-state index is 0.891. The summed E-state index contributed by atoms with van der Waals surface area (Å²) in [6.07, 6.45) is 5.26. The van der Waals surface area contributed by atoms with Crippen molar-refractivity contribution in [1.29, 1.82) is 0 Å². The van der Waals surface area contributed by atoms with E-state index >= 15 is 0 Å². The zero-order chi connectivity index (χ0) is 6.85. The van der Waals surface area contributed by atoms with Crippen molar-refractivity contribution < 1.29 is 0 Å². The summed E-state index contributed by atoms with van der Waals surface area (Å²) in [6, 6.07) is 0. The summed E-state index contributed by atoms with van der Waals surface area (Å²) in [5, 5.41) is 0. The molecule has 9 heavy (non-hydrogen) atoms. The Bertz CT molecular complexity index is 84.0. The highest BCUT2D eigenvalue weighted by molar-refractivity contribution is 5.04. The second-order valence-electron chi connectivity index (χ2n) is 3.56. The molecule has 0 heterocycles. The van der Waals surface area contributed by atoms with Gasteiger partial charge in [-0.3, -0.25) is 0 Å². The molecule has 2 unspecified atom stereocenters. The van der Waals surface area contributed by atoms with Gasteiger partial charge < -0.3 is 0 Å². The van der Waals surface area contributed by atoms with Crippen molar-refractivity contribution >= 4 is 0 Å². The molecule has 1 fully saturated rings. The van der Waals surface area contributed by atoms with Crippen LogP contribution in [0.1, 0.15) is 33.6 Å². The predicted octanol–water partition coefficient (Wildman–Crippen LogP) is 2.89. The van der Waals surface area contributed by atoms with Gasteiger partial charge in [0, 0.05) is 0 Å². The summed E-state index contributed by atoms with van der Waals surface area (Å²) in [4.78, 5) is 0. The van der Waals surface area contributed by atoms with Crippen molar-refractivity contribution in [3.63, 3.8) is 0 Å². The molecule has 0 aliphatic heterocycles.